The number of amides is 1. The Hall–Kier alpha value is -3.84. The van der Waals surface area contributed by atoms with Crippen molar-refractivity contribution >= 4 is 23.0 Å². The third kappa shape index (κ3) is 5.53. The molecule has 6 nitrogen and oxygen atoms in total. The Balaban J connectivity index is 1.23. The van der Waals surface area contributed by atoms with Gasteiger partial charge in [-0.25, -0.2) is 9.37 Å². The lowest BCUT2D eigenvalue weighted by molar-refractivity contribution is -0.132. The second-order valence-electron chi connectivity index (χ2n) is 10.1. The van der Waals surface area contributed by atoms with E-state index in [-0.39, 0.29) is 17.7 Å². The highest BCUT2D eigenvalue weighted by Gasteiger charge is 2.33. The van der Waals surface area contributed by atoms with E-state index >= 15 is 0 Å². The molecule has 0 N–H and O–H groups in total. The highest BCUT2D eigenvalue weighted by atomic mass is 19.1. The van der Waals surface area contributed by atoms with Crippen LogP contribution < -0.4 is 9.22 Å². The van der Waals surface area contributed by atoms with Crippen LogP contribution in [0.1, 0.15) is 30.4 Å². The second kappa shape index (κ2) is 11.3. The van der Waals surface area contributed by atoms with E-state index < -0.39 is 5.82 Å². The molecule has 1 atom stereocenters. The van der Waals surface area contributed by atoms with Crippen molar-refractivity contribution in [3.8, 4) is 5.75 Å². The van der Waals surface area contributed by atoms with Gasteiger partial charge in [-0.3, -0.25) is 14.3 Å². The fraction of sp³-hybridized carbons (Fsp3) is 0.323. The highest BCUT2D eigenvalue weighted by Crippen LogP contribution is 2.32. The maximum Gasteiger partial charge on any atom is 0.227 e. The minimum absolute atomic E-state index is 0.0540. The lowest BCUT2D eigenvalue weighted by Crippen LogP contribution is -2.59. The molecule has 0 saturated carbocycles. The number of ether oxygens (including phenoxy) is 1. The summed E-state index contributed by atoms with van der Waals surface area (Å²) >= 11 is 0. The molecule has 2 aromatic carbocycles. The molecular weight excluding hydrogens is 479 g/mol. The third-order valence-corrected chi connectivity index (χ3v) is 7.65. The molecule has 0 radical (unpaired) electrons. The first-order valence-electron chi connectivity index (χ1n) is 13.2. The Labute approximate surface area is 223 Å². The van der Waals surface area contributed by atoms with Crippen molar-refractivity contribution < 1.29 is 13.9 Å². The molecule has 7 heteroatoms. The van der Waals surface area contributed by atoms with Gasteiger partial charge in [-0.15, -0.1) is 0 Å². The summed E-state index contributed by atoms with van der Waals surface area (Å²) in [4.78, 5) is 24.6. The molecular formula is C31H34FN4O2+. The molecule has 1 unspecified atom stereocenters. The van der Waals surface area contributed by atoms with Crippen molar-refractivity contribution in [1.29, 1.82) is 0 Å². The smallest absolute Gasteiger partial charge is 0.227 e. The van der Waals surface area contributed by atoms with Crippen LogP contribution in [0.3, 0.4) is 0 Å². The number of likely N-dealkylation sites (N-methyl/N-ethyl adjacent to an activating group) is 1. The number of quaternary nitrogens is 1. The number of allylic oxidation sites excluding steroid dienone is 1. The number of carbonyl (C=O) groups excluding carboxylic acids is 1. The van der Waals surface area contributed by atoms with Crippen LogP contribution in [-0.2, 0) is 4.79 Å². The summed E-state index contributed by atoms with van der Waals surface area (Å²) in [5.41, 5.74) is 3.86. The number of pyridine rings is 1. The van der Waals surface area contributed by atoms with Crippen LogP contribution in [0, 0.1) is 5.82 Å². The van der Waals surface area contributed by atoms with Crippen LogP contribution in [-0.4, -0.2) is 67.9 Å². The van der Waals surface area contributed by atoms with Gasteiger partial charge < -0.3 is 9.64 Å². The molecule has 3 heterocycles. The summed E-state index contributed by atoms with van der Waals surface area (Å²) in [6.45, 7) is 3.19. The fourth-order valence-electron chi connectivity index (χ4n) is 5.28. The number of hydrogen-bond acceptors (Lipinski definition) is 4. The molecule has 38 heavy (non-hydrogen) atoms. The SMILES string of the molecule is COc1cc(C2=NC(CCCC(=O)N3CC[N+](C)(c4ccccn4)CC3)C(c3ccccc3)=C2)ccc1F. The molecule has 2 aliphatic heterocycles. The normalized spacial score (nSPS) is 18.6. The van der Waals surface area contributed by atoms with Crippen LogP contribution in [0.25, 0.3) is 5.57 Å². The number of nitrogens with zero attached hydrogens (tertiary/aromatic N) is 4. The Morgan fingerprint density at radius 1 is 1.05 bits per heavy atom. The monoisotopic (exact) mass is 513 g/mol. The number of halogens is 1. The number of rotatable bonds is 8. The van der Waals surface area contributed by atoms with Crippen molar-refractivity contribution in [1.82, 2.24) is 14.4 Å². The number of carbonyl (C=O) groups is 1. The van der Waals surface area contributed by atoms with Gasteiger partial charge in [0.05, 0.1) is 39.0 Å². The molecule has 196 valence electrons. The maximum absolute atomic E-state index is 14.0. The minimum Gasteiger partial charge on any atom is -0.494 e. The van der Waals surface area contributed by atoms with E-state index in [1.807, 2.05) is 41.4 Å². The molecule has 0 bridgehead atoms. The summed E-state index contributed by atoms with van der Waals surface area (Å²) in [7, 11) is 3.65. The van der Waals surface area contributed by atoms with E-state index in [0.29, 0.717) is 6.42 Å². The van der Waals surface area contributed by atoms with Crippen LogP contribution in [0.2, 0.25) is 0 Å². The van der Waals surface area contributed by atoms with Crippen molar-refractivity contribution in [3.05, 3.63) is 95.9 Å². The molecule has 2 aliphatic rings. The number of hydrogen-bond donors (Lipinski definition) is 0. The Bertz CT molecular complexity index is 1330. The van der Waals surface area contributed by atoms with E-state index in [0.717, 1.165) is 71.7 Å². The number of methoxy groups -OCH3 is 1. The van der Waals surface area contributed by atoms with Crippen LogP contribution in [0.5, 0.6) is 5.75 Å². The van der Waals surface area contributed by atoms with Gasteiger partial charge in [0.15, 0.2) is 11.6 Å². The topological polar surface area (TPSA) is 54.8 Å². The lowest BCUT2D eigenvalue weighted by atomic mass is 9.95. The second-order valence-corrected chi connectivity index (χ2v) is 10.1. The predicted molar refractivity (Wildman–Crippen MR) is 150 cm³/mol. The van der Waals surface area contributed by atoms with Crippen LogP contribution in [0.4, 0.5) is 10.2 Å². The average Bonchev–Trinajstić information content (AvgIpc) is 3.39. The molecule has 1 saturated heterocycles. The highest BCUT2D eigenvalue weighted by molar-refractivity contribution is 6.15. The van der Waals surface area contributed by atoms with E-state index in [1.54, 1.807) is 12.1 Å². The third-order valence-electron chi connectivity index (χ3n) is 7.65. The van der Waals surface area contributed by atoms with Gasteiger partial charge in [0.2, 0.25) is 11.7 Å². The first-order valence-corrected chi connectivity index (χ1v) is 13.2. The van der Waals surface area contributed by atoms with Crippen molar-refractivity contribution in [2.45, 2.75) is 25.3 Å². The average molecular weight is 514 g/mol. The standard InChI is InChI=1S/C31H34FN4O2/c1-36(30-12-6-7-16-33-30)19-17-35(18-20-36)31(37)13-8-11-27-25(23-9-4-3-5-10-23)22-28(34-27)24-14-15-26(32)29(21-24)38-2/h3-7,9-10,12,14-16,21-22,27H,8,11,13,17-20H2,1-2H3/q+1. The summed E-state index contributed by atoms with van der Waals surface area (Å²) in [5.74, 6) is 1.06. The first kappa shape index (κ1) is 25.8. The van der Waals surface area contributed by atoms with Crippen molar-refractivity contribution in [2.24, 2.45) is 4.99 Å². The van der Waals surface area contributed by atoms with E-state index in [2.05, 4.69) is 36.3 Å². The van der Waals surface area contributed by atoms with Crippen LogP contribution in [0.15, 0.2) is 84.0 Å². The Morgan fingerprint density at radius 2 is 1.82 bits per heavy atom. The number of aliphatic imine (C=N–C) groups is 1. The predicted octanol–water partition coefficient (Wildman–Crippen LogP) is 5.13. The maximum atomic E-state index is 14.0. The summed E-state index contributed by atoms with van der Waals surface area (Å²) < 4.78 is 19.9. The van der Waals surface area contributed by atoms with E-state index in [9.17, 15) is 9.18 Å². The van der Waals surface area contributed by atoms with Gasteiger partial charge in [0, 0.05) is 24.2 Å². The Kier molecular flexibility index (Phi) is 7.65. The Morgan fingerprint density at radius 3 is 2.53 bits per heavy atom. The summed E-state index contributed by atoms with van der Waals surface area (Å²) in [6.07, 6.45) is 5.93. The van der Waals surface area contributed by atoms with Gasteiger partial charge in [0.25, 0.3) is 0 Å². The van der Waals surface area contributed by atoms with Gasteiger partial charge in [-0.05, 0) is 54.3 Å². The lowest BCUT2D eigenvalue weighted by Gasteiger charge is -2.40. The minimum atomic E-state index is -0.394. The van der Waals surface area contributed by atoms with E-state index in [4.69, 9.17) is 9.73 Å². The van der Waals surface area contributed by atoms with Crippen LogP contribution >= 0.6 is 0 Å². The van der Waals surface area contributed by atoms with E-state index in [1.165, 1.54) is 13.2 Å². The molecule has 5 rings (SSSR count). The molecule has 0 spiro atoms. The molecule has 1 aromatic heterocycles. The number of piperazine rings is 1. The van der Waals surface area contributed by atoms with Crippen molar-refractivity contribution in [3.63, 3.8) is 0 Å². The number of aromatic nitrogens is 1. The molecule has 3 aromatic rings. The number of benzene rings is 2. The van der Waals surface area contributed by atoms with Gasteiger partial charge >= 0.3 is 0 Å². The molecule has 0 aliphatic carbocycles. The zero-order chi connectivity index (χ0) is 26.5. The molecule has 1 fully saturated rings. The zero-order valence-corrected chi connectivity index (χ0v) is 22.0. The van der Waals surface area contributed by atoms with Gasteiger partial charge in [-0.2, -0.15) is 0 Å². The quantitative estimate of drug-likeness (QED) is 0.392. The molecule has 1 amide bonds. The first-order chi connectivity index (χ1) is 18.5. The largest absolute Gasteiger partial charge is 0.494 e. The zero-order valence-electron chi connectivity index (χ0n) is 22.0. The van der Waals surface area contributed by atoms with Gasteiger partial charge in [-0.1, -0.05) is 36.4 Å². The van der Waals surface area contributed by atoms with Gasteiger partial charge in [0.1, 0.15) is 13.1 Å². The van der Waals surface area contributed by atoms with Crippen molar-refractivity contribution in [2.75, 3.05) is 40.3 Å². The summed E-state index contributed by atoms with van der Waals surface area (Å²) in [5, 5.41) is 0. The summed E-state index contributed by atoms with van der Waals surface area (Å²) in [6, 6.07) is 21.0. The fourth-order valence-corrected chi connectivity index (χ4v) is 5.28.